The van der Waals surface area contributed by atoms with E-state index in [1.165, 1.54) is 17.8 Å². The lowest BCUT2D eigenvalue weighted by molar-refractivity contribution is -0.139. The Bertz CT molecular complexity index is 540. The summed E-state index contributed by atoms with van der Waals surface area (Å²) < 4.78 is 51.1. The number of thioether (sulfide) groups is 1. The number of hydrogen-bond donors (Lipinski definition) is 1. The SMILES string of the molecule is CC(C)CC1CSC(Nc2ccc(F)c(C(F)(F)F)c2)=N1. The van der Waals surface area contributed by atoms with E-state index < -0.39 is 17.6 Å². The number of amidine groups is 1. The molecule has 1 atom stereocenters. The van der Waals surface area contributed by atoms with Gasteiger partial charge in [0.15, 0.2) is 5.17 Å². The molecule has 1 N–H and O–H groups in total. The first kappa shape index (κ1) is 16.1. The van der Waals surface area contributed by atoms with Crippen molar-refractivity contribution in [2.75, 3.05) is 11.1 Å². The van der Waals surface area contributed by atoms with Gasteiger partial charge >= 0.3 is 6.18 Å². The fourth-order valence-corrected chi connectivity index (χ4v) is 3.07. The Labute approximate surface area is 125 Å². The van der Waals surface area contributed by atoms with Crippen molar-refractivity contribution in [2.45, 2.75) is 32.5 Å². The molecule has 0 bridgehead atoms. The molecule has 1 aromatic rings. The fourth-order valence-electron chi connectivity index (χ4n) is 2.09. The molecular weight excluding hydrogens is 304 g/mol. The maximum absolute atomic E-state index is 13.2. The van der Waals surface area contributed by atoms with Crippen molar-refractivity contribution >= 4 is 22.6 Å². The van der Waals surface area contributed by atoms with Gasteiger partial charge in [-0.1, -0.05) is 25.6 Å². The number of alkyl halides is 3. The van der Waals surface area contributed by atoms with E-state index >= 15 is 0 Å². The van der Waals surface area contributed by atoms with Crippen molar-refractivity contribution in [3.05, 3.63) is 29.6 Å². The quantitative estimate of drug-likeness (QED) is 0.811. The Balaban J connectivity index is 2.11. The third-order valence-corrected chi connectivity index (χ3v) is 4.01. The molecule has 21 heavy (non-hydrogen) atoms. The molecule has 0 aliphatic carbocycles. The average molecular weight is 320 g/mol. The first-order valence-corrected chi connectivity index (χ1v) is 7.58. The molecule has 2 rings (SSSR count). The molecule has 0 spiro atoms. The van der Waals surface area contributed by atoms with Crippen molar-refractivity contribution in [3.63, 3.8) is 0 Å². The zero-order valence-corrected chi connectivity index (χ0v) is 12.5. The Hall–Kier alpha value is -1.24. The van der Waals surface area contributed by atoms with Gasteiger partial charge in [0.2, 0.25) is 0 Å². The summed E-state index contributed by atoms with van der Waals surface area (Å²) in [7, 11) is 0. The van der Waals surface area contributed by atoms with Crippen LogP contribution in [0.4, 0.5) is 23.2 Å². The van der Waals surface area contributed by atoms with Gasteiger partial charge in [0.05, 0.1) is 11.6 Å². The summed E-state index contributed by atoms with van der Waals surface area (Å²) in [5, 5.41) is 3.41. The van der Waals surface area contributed by atoms with Crippen LogP contribution in [-0.4, -0.2) is 17.0 Å². The minimum atomic E-state index is -4.70. The van der Waals surface area contributed by atoms with Crippen LogP contribution in [0.15, 0.2) is 23.2 Å². The van der Waals surface area contributed by atoms with Crippen LogP contribution in [0.2, 0.25) is 0 Å². The topological polar surface area (TPSA) is 24.4 Å². The molecule has 1 aliphatic heterocycles. The van der Waals surface area contributed by atoms with E-state index in [0.717, 1.165) is 24.3 Å². The van der Waals surface area contributed by atoms with Crippen molar-refractivity contribution in [1.29, 1.82) is 0 Å². The molecule has 0 aromatic heterocycles. The Morgan fingerprint density at radius 1 is 1.38 bits per heavy atom. The van der Waals surface area contributed by atoms with Gasteiger partial charge in [-0.25, -0.2) is 4.39 Å². The third kappa shape index (κ3) is 4.36. The molecule has 1 aromatic carbocycles. The molecule has 0 saturated carbocycles. The minimum Gasteiger partial charge on any atom is -0.335 e. The predicted molar refractivity (Wildman–Crippen MR) is 78.2 cm³/mol. The van der Waals surface area contributed by atoms with E-state index in [9.17, 15) is 17.6 Å². The monoisotopic (exact) mass is 320 g/mol. The van der Waals surface area contributed by atoms with E-state index in [1.807, 2.05) is 0 Å². The van der Waals surface area contributed by atoms with Gasteiger partial charge in [-0.2, -0.15) is 13.2 Å². The van der Waals surface area contributed by atoms with Crippen LogP contribution in [0.5, 0.6) is 0 Å². The number of nitrogens with one attached hydrogen (secondary N) is 1. The van der Waals surface area contributed by atoms with E-state index in [2.05, 4.69) is 24.2 Å². The Kier molecular flexibility index (Phi) is 4.81. The van der Waals surface area contributed by atoms with Crippen LogP contribution in [-0.2, 0) is 6.18 Å². The lowest BCUT2D eigenvalue weighted by atomic mass is 10.1. The summed E-state index contributed by atoms with van der Waals surface area (Å²) >= 11 is 1.47. The molecule has 1 aliphatic rings. The van der Waals surface area contributed by atoms with Gasteiger partial charge in [0.1, 0.15) is 5.82 Å². The molecule has 0 radical (unpaired) electrons. The molecule has 7 heteroatoms. The lowest BCUT2D eigenvalue weighted by Gasteiger charge is -2.11. The highest BCUT2D eigenvalue weighted by Gasteiger charge is 2.34. The summed E-state index contributed by atoms with van der Waals surface area (Å²) in [4.78, 5) is 4.43. The van der Waals surface area contributed by atoms with E-state index in [4.69, 9.17) is 0 Å². The molecule has 0 saturated heterocycles. The third-order valence-electron chi connectivity index (χ3n) is 2.98. The number of hydrogen-bond acceptors (Lipinski definition) is 3. The second-order valence-corrected chi connectivity index (χ2v) is 6.35. The molecule has 116 valence electrons. The van der Waals surface area contributed by atoms with Crippen LogP contribution >= 0.6 is 11.8 Å². The van der Waals surface area contributed by atoms with Crippen LogP contribution < -0.4 is 5.32 Å². The average Bonchev–Trinajstić information content (AvgIpc) is 2.76. The summed E-state index contributed by atoms with van der Waals surface area (Å²) in [6, 6.07) is 3.05. The maximum Gasteiger partial charge on any atom is 0.419 e. The van der Waals surface area contributed by atoms with Gasteiger partial charge in [-0.05, 0) is 30.5 Å². The van der Waals surface area contributed by atoms with Crippen LogP contribution in [0, 0.1) is 11.7 Å². The normalized spacial score (nSPS) is 19.0. The van der Waals surface area contributed by atoms with Crippen LogP contribution in [0.25, 0.3) is 0 Å². The Morgan fingerprint density at radius 3 is 2.71 bits per heavy atom. The van der Waals surface area contributed by atoms with E-state index in [-0.39, 0.29) is 11.7 Å². The number of benzene rings is 1. The van der Waals surface area contributed by atoms with Gasteiger partial charge in [-0.3, -0.25) is 4.99 Å². The van der Waals surface area contributed by atoms with Crippen molar-refractivity contribution < 1.29 is 17.6 Å². The predicted octanol–water partition coefficient (Wildman–Crippen LogP) is 4.77. The summed E-state index contributed by atoms with van der Waals surface area (Å²) in [6.45, 7) is 4.20. The molecular formula is C14H16F4N2S. The van der Waals surface area contributed by atoms with Crippen molar-refractivity contribution in [3.8, 4) is 0 Å². The number of nitrogens with zero attached hydrogens (tertiary/aromatic N) is 1. The van der Waals surface area contributed by atoms with E-state index in [0.29, 0.717) is 11.1 Å². The van der Waals surface area contributed by atoms with Gasteiger partial charge in [-0.15, -0.1) is 0 Å². The fraction of sp³-hybridized carbons (Fsp3) is 0.500. The number of halogens is 4. The zero-order chi connectivity index (χ0) is 15.6. The molecule has 0 fully saturated rings. The molecule has 0 amide bonds. The van der Waals surface area contributed by atoms with Gasteiger partial charge in [0.25, 0.3) is 0 Å². The zero-order valence-electron chi connectivity index (χ0n) is 11.7. The van der Waals surface area contributed by atoms with Crippen molar-refractivity contribution in [2.24, 2.45) is 10.9 Å². The van der Waals surface area contributed by atoms with Crippen LogP contribution in [0.3, 0.4) is 0 Å². The largest absolute Gasteiger partial charge is 0.419 e. The highest BCUT2D eigenvalue weighted by atomic mass is 32.2. The Morgan fingerprint density at radius 2 is 2.10 bits per heavy atom. The second kappa shape index (κ2) is 6.25. The highest BCUT2D eigenvalue weighted by molar-refractivity contribution is 8.14. The standard InChI is InChI=1S/C14H16F4N2S/c1-8(2)5-10-7-21-13(20-10)19-9-3-4-12(15)11(6-9)14(16,17)18/h3-4,6,8,10H,5,7H2,1-2H3,(H,19,20). The minimum absolute atomic E-state index is 0.181. The smallest absolute Gasteiger partial charge is 0.335 e. The van der Waals surface area contributed by atoms with E-state index in [1.54, 1.807) is 0 Å². The summed E-state index contributed by atoms with van der Waals surface area (Å²) in [5.74, 6) is 0.0569. The number of aliphatic imine (C=N–C) groups is 1. The van der Waals surface area contributed by atoms with Gasteiger partial charge in [0, 0.05) is 11.4 Å². The summed E-state index contributed by atoms with van der Waals surface area (Å²) in [6.07, 6.45) is -3.76. The molecule has 1 heterocycles. The first-order chi connectivity index (χ1) is 9.75. The van der Waals surface area contributed by atoms with Gasteiger partial charge < -0.3 is 5.32 Å². The molecule has 1 unspecified atom stereocenters. The molecule has 2 nitrogen and oxygen atoms in total. The lowest BCUT2D eigenvalue weighted by Crippen LogP contribution is -2.11. The number of anilines is 1. The maximum atomic E-state index is 13.2. The van der Waals surface area contributed by atoms with Crippen LogP contribution in [0.1, 0.15) is 25.8 Å². The van der Waals surface area contributed by atoms with Crippen molar-refractivity contribution in [1.82, 2.24) is 0 Å². The second-order valence-electron chi connectivity index (χ2n) is 5.35. The highest BCUT2D eigenvalue weighted by Crippen LogP contribution is 2.33. The first-order valence-electron chi connectivity index (χ1n) is 6.60. The number of rotatable bonds is 3. The summed E-state index contributed by atoms with van der Waals surface area (Å²) in [5.41, 5.74) is -1.07.